The molecule has 0 spiro atoms. The highest BCUT2D eigenvalue weighted by atomic mass is 16.3. The molecule has 0 saturated carbocycles. The highest BCUT2D eigenvalue weighted by Crippen LogP contribution is 2.17. The Morgan fingerprint density at radius 3 is 2.79 bits per heavy atom. The van der Waals surface area contributed by atoms with Crippen molar-refractivity contribution in [3.05, 3.63) is 65.9 Å². The van der Waals surface area contributed by atoms with Gasteiger partial charge in [0.05, 0.1) is 24.4 Å². The van der Waals surface area contributed by atoms with Gasteiger partial charge in [-0.25, -0.2) is 0 Å². The molecule has 1 unspecified atom stereocenters. The van der Waals surface area contributed by atoms with Crippen LogP contribution in [-0.2, 0) is 11.3 Å². The van der Waals surface area contributed by atoms with Crippen molar-refractivity contribution in [2.24, 2.45) is 0 Å². The number of carbonyl (C=O) groups excluding carboxylic acids is 1. The molecular weight excluding hydrogens is 302 g/mol. The van der Waals surface area contributed by atoms with Gasteiger partial charge in [0.2, 0.25) is 5.91 Å². The van der Waals surface area contributed by atoms with Crippen LogP contribution in [0.2, 0.25) is 0 Å². The van der Waals surface area contributed by atoms with Gasteiger partial charge in [0.25, 0.3) is 0 Å². The lowest BCUT2D eigenvalue weighted by atomic mass is 10.1. The van der Waals surface area contributed by atoms with Crippen LogP contribution in [0, 0.1) is 6.92 Å². The molecule has 0 bridgehead atoms. The molecule has 5 heteroatoms. The number of amides is 1. The smallest absolute Gasteiger partial charge is 0.221 e. The molecule has 0 fully saturated rings. The second-order valence-corrected chi connectivity index (χ2v) is 5.86. The van der Waals surface area contributed by atoms with E-state index in [1.54, 1.807) is 0 Å². The van der Waals surface area contributed by atoms with Gasteiger partial charge in [0, 0.05) is 18.4 Å². The largest absolute Gasteiger partial charge is 0.387 e. The van der Waals surface area contributed by atoms with Crippen LogP contribution in [0.3, 0.4) is 0 Å². The van der Waals surface area contributed by atoms with Crippen molar-refractivity contribution in [3.8, 4) is 0 Å². The van der Waals surface area contributed by atoms with Crippen LogP contribution in [0.1, 0.15) is 23.7 Å². The monoisotopic (exact) mass is 323 g/mol. The number of hydrogen-bond donors (Lipinski definition) is 2. The first-order valence-electron chi connectivity index (χ1n) is 8.06. The van der Waals surface area contributed by atoms with E-state index >= 15 is 0 Å². The fourth-order valence-electron chi connectivity index (χ4n) is 2.73. The van der Waals surface area contributed by atoms with Crippen LogP contribution < -0.4 is 5.32 Å². The minimum atomic E-state index is -0.691. The van der Waals surface area contributed by atoms with E-state index in [1.807, 2.05) is 66.3 Å². The molecule has 124 valence electrons. The van der Waals surface area contributed by atoms with E-state index in [-0.39, 0.29) is 12.5 Å². The molecule has 3 aromatic rings. The van der Waals surface area contributed by atoms with Crippen LogP contribution in [0.4, 0.5) is 0 Å². The minimum Gasteiger partial charge on any atom is -0.387 e. The summed E-state index contributed by atoms with van der Waals surface area (Å²) in [5.74, 6) is -0.0960. The normalized spacial score (nSPS) is 12.2. The Labute approximate surface area is 140 Å². The second kappa shape index (κ2) is 7.27. The lowest BCUT2D eigenvalue weighted by Crippen LogP contribution is -2.29. The number of nitrogens with zero attached hydrogens (tertiary/aromatic N) is 2. The first kappa shape index (κ1) is 16.2. The van der Waals surface area contributed by atoms with Crippen LogP contribution in [-0.4, -0.2) is 27.3 Å². The van der Waals surface area contributed by atoms with Crippen molar-refractivity contribution in [2.75, 3.05) is 6.54 Å². The number of aliphatic hydroxyl groups excluding tert-OH is 1. The number of hydrogen-bond acceptors (Lipinski definition) is 3. The van der Waals surface area contributed by atoms with Gasteiger partial charge < -0.3 is 10.4 Å². The van der Waals surface area contributed by atoms with Crippen molar-refractivity contribution >= 4 is 16.8 Å². The molecule has 24 heavy (non-hydrogen) atoms. The van der Waals surface area contributed by atoms with Gasteiger partial charge in [-0.1, -0.05) is 42.5 Å². The van der Waals surface area contributed by atoms with Gasteiger partial charge in [0.1, 0.15) is 0 Å². The summed E-state index contributed by atoms with van der Waals surface area (Å²) in [4.78, 5) is 12.0. The Bertz CT molecular complexity index is 827. The zero-order chi connectivity index (χ0) is 16.9. The van der Waals surface area contributed by atoms with Gasteiger partial charge in [-0.15, -0.1) is 0 Å². The van der Waals surface area contributed by atoms with Gasteiger partial charge in [-0.3, -0.25) is 9.48 Å². The fourth-order valence-corrected chi connectivity index (χ4v) is 2.73. The fraction of sp³-hybridized carbons (Fsp3) is 0.263. The number of aliphatic hydroxyl groups is 1. The summed E-state index contributed by atoms with van der Waals surface area (Å²) in [5, 5.41) is 18.3. The molecule has 0 aliphatic carbocycles. The number of aromatic nitrogens is 2. The van der Waals surface area contributed by atoms with Gasteiger partial charge in [-0.2, -0.15) is 5.10 Å². The molecule has 2 N–H and O–H groups in total. The molecule has 0 aliphatic heterocycles. The number of aryl methyl sites for hydroxylation is 2. The third-order valence-corrected chi connectivity index (χ3v) is 4.13. The summed E-state index contributed by atoms with van der Waals surface area (Å²) >= 11 is 0. The standard InChI is InChI=1S/C19H21N3O2/c1-14-6-5-9-17-16(14)12-21-22(17)11-10-19(24)20-13-18(23)15-7-3-2-4-8-15/h2-9,12,18,23H,10-11,13H2,1H3,(H,20,24). The Morgan fingerprint density at radius 2 is 2.00 bits per heavy atom. The zero-order valence-corrected chi connectivity index (χ0v) is 13.6. The number of fused-ring (bicyclic) bond motifs is 1. The van der Waals surface area contributed by atoms with Crippen molar-refractivity contribution in [3.63, 3.8) is 0 Å². The molecule has 0 saturated heterocycles. The Morgan fingerprint density at radius 1 is 1.21 bits per heavy atom. The molecule has 3 rings (SSSR count). The lowest BCUT2D eigenvalue weighted by Gasteiger charge is -2.12. The molecule has 1 aromatic heterocycles. The van der Waals surface area contributed by atoms with Gasteiger partial charge in [0.15, 0.2) is 0 Å². The molecule has 5 nitrogen and oxygen atoms in total. The Hall–Kier alpha value is -2.66. The van der Waals surface area contributed by atoms with E-state index in [9.17, 15) is 9.90 Å². The maximum absolute atomic E-state index is 12.0. The summed E-state index contributed by atoms with van der Waals surface area (Å²) in [5.41, 5.74) is 3.01. The Kier molecular flexibility index (Phi) is 4.91. The minimum absolute atomic E-state index is 0.0960. The summed E-state index contributed by atoms with van der Waals surface area (Å²) in [6, 6.07) is 15.4. The maximum atomic E-state index is 12.0. The Balaban J connectivity index is 1.53. The lowest BCUT2D eigenvalue weighted by molar-refractivity contribution is -0.121. The third-order valence-electron chi connectivity index (χ3n) is 4.13. The summed E-state index contributed by atoms with van der Waals surface area (Å²) in [7, 11) is 0. The predicted molar refractivity (Wildman–Crippen MR) is 93.5 cm³/mol. The van der Waals surface area contributed by atoms with Crippen molar-refractivity contribution in [2.45, 2.75) is 26.0 Å². The summed E-state index contributed by atoms with van der Waals surface area (Å²) in [6.07, 6.45) is 1.47. The highest BCUT2D eigenvalue weighted by molar-refractivity contribution is 5.82. The average Bonchev–Trinajstić information content (AvgIpc) is 3.03. The highest BCUT2D eigenvalue weighted by Gasteiger charge is 2.10. The van der Waals surface area contributed by atoms with Crippen molar-refractivity contribution in [1.29, 1.82) is 0 Å². The van der Waals surface area contributed by atoms with Crippen molar-refractivity contribution < 1.29 is 9.90 Å². The van der Waals surface area contributed by atoms with E-state index < -0.39 is 6.10 Å². The van der Waals surface area contributed by atoms with E-state index in [0.29, 0.717) is 13.0 Å². The molecule has 2 aromatic carbocycles. The number of carbonyl (C=O) groups is 1. The molecule has 1 atom stereocenters. The topological polar surface area (TPSA) is 67.2 Å². The van der Waals surface area contributed by atoms with E-state index in [2.05, 4.69) is 10.4 Å². The molecule has 0 aliphatic rings. The average molecular weight is 323 g/mol. The predicted octanol–water partition coefficient (Wildman–Crippen LogP) is 2.58. The van der Waals surface area contributed by atoms with Gasteiger partial charge in [-0.05, 0) is 24.1 Å². The van der Waals surface area contributed by atoms with Crippen LogP contribution in [0.25, 0.3) is 10.9 Å². The molecule has 0 radical (unpaired) electrons. The first-order chi connectivity index (χ1) is 11.6. The zero-order valence-electron chi connectivity index (χ0n) is 13.6. The molecule has 1 heterocycles. The van der Waals surface area contributed by atoms with Crippen molar-refractivity contribution in [1.82, 2.24) is 15.1 Å². The summed E-state index contributed by atoms with van der Waals surface area (Å²) < 4.78 is 1.84. The van der Waals surface area contributed by atoms with E-state index in [4.69, 9.17) is 0 Å². The van der Waals surface area contributed by atoms with Crippen LogP contribution in [0.15, 0.2) is 54.7 Å². The number of benzene rings is 2. The first-order valence-corrected chi connectivity index (χ1v) is 8.06. The maximum Gasteiger partial charge on any atom is 0.221 e. The van der Waals surface area contributed by atoms with E-state index in [1.165, 1.54) is 5.56 Å². The third kappa shape index (κ3) is 3.63. The second-order valence-electron chi connectivity index (χ2n) is 5.86. The van der Waals surface area contributed by atoms with Crippen LogP contribution >= 0.6 is 0 Å². The molecular formula is C19H21N3O2. The van der Waals surface area contributed by atoms with Crippen LogP contribution in [0.5, 0.6) is 0 Å². The quantitative estimate of drug-likeness (QED) is 0.733. The number of rotatable bonds is 6. The SMILES string of the molecule is Cc1cccc2c1cnn2CCC(=O)NCC(O)c1ccccc1. The summed E-state index contributed by atoms with van der Waals surface area (Å²) in [6.45, 7) is 2.77. The van der Waals surface area contributed by atoms with E-state index in [0.717, 1.165) is 16.5 Å². The number of nitrogens with one attached hydrogen (secondary N) is 1. The van der Waals surface area contributed by atoms with Gasteiger partial charge >= 0.3 is 0 Å². The molecule has 1 amide bonds.